The van der Waals surface area contributed by atoms with Gasteiger partial charge in [0.05, 0.1) is 91.6 Å². The van der Waals surface area contributed by atoms with Gasteiger partial charge >= 0.3 is 0 Å². The summed E-state index contributed by atoms with van der Waals surface area (Å²) >= 11 is 0. The van der Waals surface area contributed by atoms with E-state index in [0.29, 0.717) is 123 Å². The largest absolute Gasteiger partial charge is 0.491 e. The number of amides is 4. The maximum absolute atomic E-state index is 13.7. The first-order valence-corrected chi connectivity index (χ1v) is 48.2. The second-order valence-electron chi connectivity index (χ2n) is 32.0. The van der Waals surface area contributed by atoms with Gasteiger partial charge in [0, 0.05) is 61.1 Å². The first-order chi connectivity index (χ1) is 60.6. The van der Waals surface area contributed by atoms with Gasteiger partial charge in [0.1, 0.15) is 78.5 Å². The first kappa shape index (κ1) is 88.1. The van der Waals surface area contributed by atoms with Crippen LogP contribution in [-0.4, -0.2) is 192 Å². The highest BCUT2D eigenvalue weighted by molar-refractivity contribution is 7.90. The third-order valence-electron chi connectivity index (χ3n) is 23.4. The smallest absolute Gasteiger partial charge is 0.272 e. The Kier molecular flexibility index (Phi) is 26.6. The van der Waals surface area contributed by atoms with Crippen molar-refractivity contribution in [3.8, 4) is 23.0 Å². The zero-order valence-electron chi connectivity index (χ0n) is 69.6. The van der Waals surface area contributed by atoms with Crippen molar-refractivity contribution in [3.05, 3.63) is 266 Å². The van der Waals surface area contributed by atoms with Crippen LogP contribution in [0.1, 0.15) is 174 Å². The standard InChI is InChI=1S/C25H26N4O4S.C24H24N4O4S.C22H25N3O4S.C20H22N4O4S/c1-16-13-27-20-10-3-2-9-19(20)22(16)25(30)29-12-5-4-8-18(29)14-33-21-11-6-7-17-15-34(31,32)28-24(26)23(17)21;25-23-22-16(15-33(30,31)27-23)6-5-10-21(22)32-14-17-7-3-4-13-28(17)24(29)19-11-12-26-20-9-2-1-8-18(19)20;1-15-7-2-3-10-18(15)22(26)25-12-5-4-9-17(25)13-29-19-11-6-8-16-14-30(27,28)24-21(23)20(16)19;21-19-18-14(13-29(26,27)23-19)6-5-9-17(18)28-12-15-7-2-4-11-24(15)20(25)16-8-1-3-10-22-16/h2-3,6-7,9-11,13,18H,4-5,8,12,14-15H2,1H3,(H2,26,28);1-2,5-6,8-12,17H,3-4,7,13-15H2,(H2,25,27);2-3,6-8,10-11,17H,4-5,9,12-14H2,1H3,(H2,23,24);1,3,5-6,8-10,15H,2,4,7,11-13H2,(H2,21,23)/t18-;2*17-;15-/m1111/s1. The van der Waals surface area contributed by atoms with Crippen LogP contribution in [0.15, 0.2) is 206 Å². The van der Waals surface area contributed by atoms with Crippen LogP contribution in [0.5, 0.6) is 23.0 Å². The third-order valence-corrected chi connectivity index (χ3v) is 28.0. The van der Waals surface area contributed by atoms with Crippen molar-refractivity contribution in [1.82, 2.24) is 34.6 Å². The predicted molar refractivity (Wildman–Crippen MR) is 479 cm³/mol. The van der Waals surface area contributed by atoms with Gasteiger partial charge in [-0.15, -0.1) is 17.6 Å². The minimum atomic E-state index is -3.62. The highest BCUT2D eigenvalue weighted by Gasteiger charge is 2.37. The molecule has 10 aromatic rings. The molecule has 35 heteroatoms. The zero-order valence-corrected chi connectivity index (χ0v) is 72.8. The van der Waals surface area contributed by atoms with E-state index < -0.39 is 40.1 Å². The molecule has 4 atom stereocenters. The highest BCUT2D eigenvalue weighted by atomic mass is 32.2. The van der Waals surface area contributed by atoms with Gasteiger partial charge in [-0.25, -0.2) is 33.7 Å². The summed E-state index contributed by atoms with van der Waals surface area (Å²) in [5.74, 6) is 0.747. The monoisotopic (exact) mass is 1780 g/mol. The number of sulfonamides is 4. The quantitative estimate of drug-likeness (QED) is 0.0698. The molecule has 4 saturated heterocycles. The summed E-state index contributed by atoms with van der Waals surface area (Å²) in [6.07, 6.45) is 16.1. The second kappa shape index (κ2) is 38.0. The third kappa shape index (κ3) is 20.1. The number of hydrogen-bond acceptors (Lipinski definition) is 23. The van der Waals surface area contributed by atoms with Crippen LogP contribution < -0.4 is 41.9 Å². The number of pyridine rings is 3. The van der Waals surface area contributed by atoms with E-state index in [1.54, 1.807) is 116 Å². The Morgan fingerprint density at radius 1 is 0.341 bits per heavy atom. The summed E-state index contributed by atoms with van der Waals surface area (Å²) < 4.78 is 134. The molecular formula is C91H97N15O16S4. The lowest BCUT2D eigenvalue weighted by molar-refractivity contribution is 0.0518. The molecule has 8 aliphatic heterocycles. The summed E-state index contributed by atoms with van der Waals surface area (Å²) in [5.41, 5.74) is 33.9. The highest BCUT2D eigenvalue weighted by Crippen LogP contribution is 2.37. The number of aryl methyl sites for hydroxylation is 2. The predicted octanol–water partition coefficient (Wildman–Crippen LogP) is 10.3. The number of fused-ring (bicyclic) bond motifs is 6. The fraction of sp³-hybridized carbons (Fsp3) is 0.330. The van der Waals surface area contributed by atoms with E-state index in [-0.39, 0.29) is 114 Å². The number of benzene rings is 7. The number of carbonyl (C=O) groups is 4. The summed E-state index contributed by atoms with van der Waals surface area (Å²) in [6.45, 7) is 7.66. The minimum Gasteiger partial charge on any atom is -0.491 e. The summed E-state index contributed by atoms with van der Waals surface area (Å²) in [7, 11) is -14.4. The van der Waals surface area contributed by atoms with Gasteiger partial charge in [-0.2, -0.15) is 0 Å². The van der Waals surface area contributed by atoms with Crippen LogP contribution in [0.3, 0.4) is 0 Å². The molecule has 11 heterocycles. The molecule has 656 valence electrons. The van der Waals surface area contributed by atoms with Gasteiger partial charge < -0.3 is 61.5 Å². The molecule has 8 aliphatic rings. The van der Waals surface area contributed by atoms with E-state index in [4.69, 9.17) is 41.9 Å². The van der Waals surface area contributed by atoms with Crippen molar-refractivity contribution in [2.24, 2.45) is 40.5 Å². The minimum absolute atomic E-state index is 0.0173. The molecule has 126 heavy (non-hydrogen) atoms. The van der Waals surface area contributed by atoms with Crippen molar-refractivity contribution in [2.75, 3.05) is 52.6 Å². The number of carbonyl (C=O) groups excluding carboxylic acids is 4. The van der Waals surface area contributed by atoms with Crippen LogP contribution in [0.4, 0.5) is 0 Å². The van der Waals surface area contributed by atoms with Crippen LogP contribution in [0.2, 0.25) is 0 Å². The molecule has 3 aromatic heterocycles. The van der Waals surface area contributed by atoms with Crippen LogP contribution >= 0.6 is 0 Å². The first-order valence-electron chi connectivity index (χ1n) is 41.8. The molecule has 0 spiro atoms. The van der Waals surface area contributed by atoms with E-state index in [0.717, 1.165) is 110 Å². The average molecular weight is 1790 g/mol. The molecule has 31 nitrogen and oxygen atoms in total. The van der Waals surface area contributed by atoms with E-state index in [1.165, 1.54) is 0 Å². The fourth-order valence-electron chi connectivity index (χ4n) is 17.3. The Bertz CT molecular complexity index is 6490. The summed E-state index contributed by atoms with van der Waals surface area (Å²) in [6, 6.07) is 50.4. The van der Waals surface area contributed by atoms with Crippen molar-refractivity contribution >= 4 is 109 Å². The molecule has 0 unspecified atom stereocenters. The summed E-state index contributed by atoms with van der Waals surface area (Å²) in [5, 5.41) is 1.68. The van der Waals surface area contributed by atoms with Gasteiger partial charge in [-0.05, 0) is 185 Å². The van der Waals surface area contributed by atoms with Crippen LogP contribution in [0.25, 0.3) is 21.8 Å². The van der Waals surface area contributed by atoms with Gasteiger partial charge in [0.25, 0.3) is 63.7 Å². The fourth-order valence-corrected chi connectivity index (χ4v) is 21.7. The lowest BCUT2D eigenvalue weighted by Crippen LogP contribution is -2.47. The molecule has 0 bridgehead atoms. The van der Waals surface area contributed by atoms with Crippen LogP contribution in [0, 0.1) is 13.8 Å². The molecule has 7 aromatic carbocycles. The Morgan fingerprint density at radius 2 is 0.690 bits per heavy atom. The van der Waals surface area contributed by atoms with Crippen molar-refractivity contribution in [2.45, 2.75) is 138 Å². The lowest BCUT2D eigenvalue weighted by Gasteiger charge is -2.36. The SMILES string of the molecule is Cc1ccccc1C(=O)N1CCCC[C@@H]1COc1cccc2c1C(N)=NS(=O)(=O)C2.Cc1cnc2ccccc2c1C(=O)N1CCCC[C@@H]1COc1cccc2c1C(N)=NS(=O)(=O)C2.NC1=NS(=O)(=O)Cc2cccc(OC[C@H]3CCCCN3C(=O)c3ccccn3)c21.NC1=NS(=O)(=O)Cc2cccc(OC[C@H]3CCCCN3C(=O)c3ccnc4ccccc34)c21. The van der Waals surface area contributed by atoms with Crippen LogP contribution in [-0.2, 0) is 63.1 Å². The number of nitrogens with two attached hydrogens (primary N) is 4. The second-order valence-corrected chi connectivity index (χ2v) is 38.6. The number of ether oxygens (including phenoxy) is 4. The van der Waals surface area contributed by atoms with Crippen molar-refractivity contribution in [3.63, 3.8) is 0 Å². The zero-order chi connectivity index (χ0) is 88.6. The molecule has 0 radical (unpaired) electrons. The summed E-state index contributed by atoms with van der Waals surface area (Å²) in [4.78, 5) is 73.8. The average Bonchev–Trinajstić information content (AvgIpc) is 0.786. The number of amidine groups is 4. The van der Waals surface area contributed by atoms with E-state index in [1.807, 2.05) is 106 Å². The van der Waals surface area contributed by atoms with E-state index >= 15 is 0 Å². The number of nitrogens with zero attached hydrogens (tertiary/aromatic N) is 11. The Morgan fingerprint density at radius 3 is 1.09 bits per heavy atom. The molecule has 4 amide bonds. The molecule has 0 saturated carbocycles. The molecule has 8 N–H and O–H groups in total. The van der Waals surface area contributed by atoms with Gasteiger partial charge in [-0.1, -0.05) is 109 Å². The lowest BCUT2D eigenvalue weighted by atomic mass is 9.98. The van der Waals surface area contributed by atoms with Crippen molar-refractivity contribution in [1.29, 1.82) is 0 Å². The van der Waals surface area contributed by atoms with Gasteiger partial charge in [-0.3, -0.25) is 34.1 Å². The Labute approximate surface area is 731 Å². The Balaban J connectivity index is 0.000000130. The molecular weight excluding hydrogens is 1690 g/mol. The maximum atomic E-state index is 13.7. The molecule has 18 rings (SSSR count). The topological polar surface area (TPSA) is 447 Å². The van der Waals surface area contributed by atoms with E-state index in [9.17, 15) is 52.8 Å². The molecule has 0 aliphatic carbocycles. The number of aromatic nitrogens is 3. The van der Waals surface area contributed by atoms with Crippen molar-refractivity contribution < 1.29 is 71.8 Å². The number of hydrogen-bond donors (Lipinski definition) is 4. The van der Waals surface area contributed by atoms with Gasteiger partial charge in [0.2, 0.25) is 0 Å². The number of rotatable bonds is 16. The number of para-hydroxylation sites is 2. The van der Waals surface area contributed by atoms with E-state index in [2.05, 4.69) is 32.5 Å². The maximum Gasteiger partial charge on any atom is 0.272 e. The number of likely N-dealkylation sites (tertiary alicyclic amines) is 4. The van der Waals surface area contributed by atoms with Gasteiger partial charge in [0.15, 0.2) is 0 Å². The Hall–Kier alpha value is -12.7. The number of piperidine rings is 4. The molecule has 4 fully saturated rings. The normalized spacial score (nSPS) is 19.9.